The van der Waals surface area contributed by atoms with Crippen LogP contribution >= 0.6 is 11.3 Å². The minimum atomic E-state index is 0.728. The molecule has 1 fully saturated rings. The van der Waals surface area contributed by atoms with E-state index in [1.807, 2.05) is 6.07 Å². The third-order valence-corrected chi connectivity index (χ3v) is 4.94. The summed E-state index contributed by atoms with van der Waals surface area (Å²) in [7, 11) is 0. The van der Waals surface area contributed by atoms with E-state index in [2.05, 4.69) is 34.3 Å². The third-order valence-electron chi connectivity index (χ3n) is 3.74. The van der Waals surface area contributed by atoms with Crippen molar-refractivity contribution >= 4 is 22.4 Å². The summed E-state index contributed by atoms with van der Waals surface area (Å²) >= 11 is 1.77. The minimum Gasteiger partial charge on any atom is -0.309 e. The van der Waals surface area contributed by atoms with Crippen molar-refractivity contribution in [1.82, 2.24) is 20.3 Å². The molecule has 0 amide bonds. The number of nitrogens with one attached hydrogen (secondary N) is 1. The van der Waals surface area contributed by atoms with Crippen LogP contribution in [0.25, 0.3) is 21.6 Å². The Hall–Kier alpha value is -1.85. The second kappa shape index (κ2) is 5.16. The predicted molar refractivity (Wildman–Crippen MR) is 85.2 cm³/mol. The molecule has 2 aromatic heterocycles. The summed E-state index contributed by atoms with van der Waals surface area (Å²) in [6, 6.07) is 6.88. The number of aryl methyl sites for hydroxylation is 1. The smallest absolute Gasteiger partial charge is 0.123 e. The number of aromatic nitrogens is 3. The topological polar surface area (TPSA) is 50.7 Å². The fourth-order valence-corrected chi connectivity index (χ4v) is 3.35. The van der Waals surface area contributed by atoms with Gasteiger partial charge in [0.2, 0.25) is 0 Å². The first kappa shape index (κ1) is 12.9. The Balaban J connectivity index is 1.65. The van der Waals surface area contributed by atoms with E-state index in [9.17, 15) is 0 Å². The number of hydrogen-bond donors (Lipinski definition) is 1. The molecule has 1 aromatic carbocycles. The summed E-state index contributed by atoms with van der Waals surface area (Å²) in [5, 5.41) is 4.62. The fraction of sp³-hybridized carbons (Fsp3) is 0.312. The Kier molecular flexibility index (Phi) is 3.16. The van der Waals surface area contributed by atoms with Gasteiger partial charge in [-0.15, -0.1) is 11.3 Å². The van der Waals surface area contributed by atoms with Gasteiger partial charge in [-0.25, -0.2) is 4.98 Å². The van der Waals surface area contributed by atoms with Gasteiger partial charge in [-0.3, -0.25) is 9.97 Å². The molecule has 21 heavy (non-hydrogen) atoms. The van der Waals surface area contributed by atoms with Crippen LogP contribution in [-0.4, -0.2) is 21.0 Å². The second-order valence-electron chi connectivity index (χ2n) is 5.44. The highest BCUT2D eigenvalue weighted by Crippen LogP contribution is 2.30. The van der Waals surface area contributed by atoms with Gasteiger partial charge in [0.1, 0.15) is 5.01 Å². The van der Waals surface area contributed by atoms with Gasteiger partial charge < -0.3 is 5.32 Å². The van der Waals surface area contributed by atoms with Crippen molar-refractivity contribution in [3.8, 4) is 10.6 Å². The molecule has 1 saturated carbocycles. The molecule has 4 rings (SSSR count). The van der Waals surface area contributed by atoms with Crippen LogP contribution in [0, 0.1) is 6.92 Å². The van der Waals surface area contributed by atoms with Crippen LogP contribution in [0.5, 0.6) is 0 Å². The lowest BCUT2D eigenvalue weighted by molar-refractivity contribution is 0.691. The monoisotopic (exact) mass is 296 g/mol. The van der Waals surface area contributed by atoms with Crippen LogP contribution in [-0.2, 0) is 6.54 Å². The van der Waals surface area contributed by atoms with Gasteiger partial charge in [-0.05, 0) is 38.0 Å². The maximum atomic E-state index is 4.72. The Bertz CT molecular complexity index is 792. The number of fused-ring (bicyclic) bond motifs is 1. The molecule has 2 heterocycles. The summed E-state index contributed by atoms with van der Waals surface area (Å²) in [5.41, 5.74) is 4.09. The third kappa shape index (κ3) is 2.66. The first-order chi connectivity index (χ1) is 10.3. The lowest BCUT2D eigenvalue weighted by Crippen LogP contribution is -2.14. The lowest BCUT2D eigenvalue weighted by atomic mass is 10.2. The minimum absolute atomic E-state index is 0.728. The van der Waals surface area contributed by atoms with Crippen molar-refractivity contribution in [2.24, 2.45) is 0 Å². The van der Waals surface area contributed by atoms with Crippen LogP contribution in [0.3, 0.4) is 0 Å². The van der Waals surface area contributed by atoms with Gasteiger partial charge in [0.15, 0.2) is 0 Å². The number of benzene rings is 1. The molecule has 1 aliphatic rings. The summed E-state index contributed by atoms with van der Waals surface area (Å²) in [5.74, 6) is 0. The fourth-order valence-electron chi connectivity index (χ4n) is 2.34. The van der Waals surface area contributed by atoms with Gasteiger partial charge in [-0.1, -0.05) is 0 Å². The van der Waals surface area contributed by atoms with E-state index in [-0.39, 0.29) is 0 Å². The zero-order valence-electron chi connectivity index (χ0n) is 11.8. The Morgan fingerprint density at radius 2 is 2.00 bits per heavy atom. The van der Waals surface area contributed by atoms with Crippen molar-refractivity contribution < 1.29 is 0 Å². The molecule has 1 aliphatic carbocycles. The van der Waals surface area contributed by atoms with E-state index in [1.54, 1.807) is 23.7 Å². The molecule has 4 nitrogen and oxygen atoms in total. The highest BCUT2D eigenvalue weighted by atomic mass is 32.1. The molecule has 106 valence electrons. The van der Waals surface area contributed by atoms with Crippen LogP contribution in [0.15, 0.2) is 30.6 Å². The second-order valence-corrected chi connectivity index (χ2v) is 6.53. The highest BCUT2D eigenvalue weighted by molar-refractivity contribution is 7.15. The average molecular weight is 296 g/mol. The van der Waals surface area contributed by atoms with Crippen LogP contribution in [0.1, 0.15) is 23.4 Å². The van der Waals surface area contributed by atoms with Crippen LogP contribution in [0.4, 0.5) is 0 Å². The van der Waals surface area contributed by atoms with Crippen molar-refractivity contribution in [3.05, 3.63) is 41.2 Å². The predicted octanol–water partition coefficient (Wildman–Crippen LogP) is 3.31. The first-order valence-corrected chi connectivity index (χ1v) is 8.02. The SMILES string of the molecule is Cc1nc(-c2ccc3nccnc3c2)sc1CNC1CC1. The number of nitrogens with zero attached hydrogens (tertiary/aromatic N) is 3. The standard InChI is InChI=1S/C16H16N4S/c1-10-15(9-19-12-3-4-12)21-16(20-10)11-2-5-13-14(8-11)18-7-6-17-13/h2,5-8,12,19H,3-4,9H2,1H3. The van der Waals surface area contributed by atoms with E-state index in [4.69, 9.17) is 4.98 Å². The van der Waals surface area contributed by atoms with Crippen molar-refractivity contribution in [2.45, 2.75) is 32.4 Å². The summed E-state index contributed by atoms with van der Waals surface area (Å²) in [6.45, 7) is 3.02. The van der Waals surface area contributed by atoms with Gasteiger partial charge in [-0.2, -0.15) is 0 Å². The zero-order chi connectivity index (χ0) is 14.2. The van der Waals surface area contributed by atoms with E-state index in [0.717, 1.165) is 39.9 Å². The summed E-state index contributed by atoms with van der Waals surface area (Å²) < 4.78 is 0. The first-order valence-electron chi connectivity index (χ1n) is 7.20. The van der Waals surface area contributed by atoms with E-state index in [1.165, 1.54) is 17.7 Å². The molecule has 0 atom stereocenters. The quantitative estimate of drug-likeness (QED) is 0.802. The molecule has 5 heteroatoms. The maximum absolute atomic E-state index is 4.72. The molecule has 0 radical (unpaired) electrons. The number of rotatable bonds is 4. The molecule has 0 aliphatic heterocycles. The molecule has 3 aromatic rings. The largest absolute Gasteiger partial charge is 0.309 e. The van der Waals surface area contributed by atoms with E-state index in [0.29, 0.717) is 0 Å². The van der Waals surface area contributed by atoms with Crippen molar-refractivity contribution in [2.75, 3.05) is 0 Å². The molecule has 0 spiro atoms. The highest BCUT2D eigenvalue weighted by Gasteiger charge is 2.21. The zero-order valence-corrected chi connectivity index (χ0v) is 12.7. The molecular weight excluding hydrogens is 280 g/mol. The Labute approximate surface area is 127 Å². The Morgan fingerprint density at radius 1 is 1.19 bits per heavy atom. The summed E-state index contributed by atoms with van der Waals surface area (Å²) in [4.78, 5) is 14.7. The molecule has 0 unspecified atom stereocenters. The van der Waals surface area contributed by atoms with Gasteiger partial charge in [0, 0.05) is 35.4 Å². The molecule has 0 bridgehead atoms. The lowest BCUT2D eigenvalue weighted by Gasteiger charge is -2.00. The molecular formula is C16H16N4S. The van der Waals surface area contributed by atoms with Gasteiger partial charge in [0.25, 0.3) is 0 Å². The van der Waals surface area contributed by atoms with Crippen LogP contribution < -0.4 is 5.32 Å². The van der Waals surface area contributed by atoms with Crippen LogP contribution in [0.2, 0.25) is 0 Å². The van der Waals surface area contributed by atoms with Gasteiger partial charge in [0.05, 0.1) is 16.7 Å². The van der Waals surface area contributed by atoms with Crippen molar-refractivity contribution in [3.63, 3.8) is 0 Å². The number of thiazole rings is 1. The maximum Gasteiger partial charge on any atom is 0.123 e. The summed E-state index contributed by atoms with van der Waals surface area (Å²) in [6.07, 6.45) is 6.07. The number of hydrogen-bond acceptors (Lipinski definition) is 5. The Morgan fingerprint density at radius 3 is 2.81 bits per heavy atom. The van der Waals surface area contributed by atoms with E-state index < -0.39 is 0 Å². The van der Waals surface area contributed by atoms with Crippen molar-refractivity contribution in [1.29, 1.82) is 0 Å². The molecule has 0 saturated heterocycles. The average Bonchev–Trinajstić information content (AvgIpc) is 3.27. The van der Waals surface area contributed by atoms with Gasteiger partial charge >= 0.3 is 0 Å². The van der Waals surface area contributed by atoms with E-state index >= 15 is 0 Å². The normalized spacial score (nSPS) is 14.7. The molecule has 1 N–H and O–H groups in total.